The average molecular weight is 400 g/mol. The lowest BCUT2D eigenvalue weighted by atomic mass is 9.72. The van der Waals surface area contributed by atoms with Gasteiger partial charge < -0.3 is 15.0 Å². The van der Waals surface area contributed by atoms with E-state index in [9.17, 15) is 4.79 Å². The Morgan fingerprint density at radius 1 is 0.966 bits per heavy atom. The Kier molecular flexibility index (Phi) is 11.5. The molecule has 2 aromatic carbocycles. The molecular weight excluding hydrogens is 366 g/mol. The zero-order chi connectivity index (χ0) is 21.5. The van der Waals surface area contributed by atoms with Crippen molar-refractivity contribution in [2.24, 2.45) is 5.41 Å². The highest BCUT2D eigenvalue weighted by atomic mass is 16.4. The van der Waals surface area contributed by atoms with E-state index in [-0.39, 0.29) is 5.41 Å². The molecule has 0 bridgehead atoms. The van der Waals surface area contributed by atoms with Crippen LogP contribution in [0.5, 0.6) is 0 Å². The van der Waals surface area contributed by atoms with E-state index in [0.717, 1.165) is 59.2 Å². The Balaban J connectivity index is 0.000000627. The van der Waals surface area contributed by atoms with Crippen LogP contribution in [-0.4, -0.2) is 47.6 Å². The molecule has 0 saturated carbocycles. The number of carboxylic acids is 1. The molecule has 0 aromatic heterocycles. The molecule has 3 rings (SSSR count). The molecule has 5 heteroatoms. The Morgan fingerprint density at radius 3 is 1.86 bits per heavy atom. The number of aldehydes is 1. The summed E-state index contributed by atoms with van der Waals surface area (Å²) in [5, 5.41) is 14.4. The monoisotopic (exact) mass is 399 g/mol. The molecule has 0 atom stereocenters. The van der Waals surface area contributed by atoms with Gasteiger partial charge in [-0.2, -0.15) is 0 Å². The van der Waals surface area contributed by atoms with Gasteiger partial charge in [0, 0.05) is 27.0 Å². The molecule has 0 amide bonds. The zero-order valence-corrected chi connectivity index (χ0v) is 17.5. The topological polar surface area (TPSA) is 77.8 Å². The normalized spacial score (nSPS) is 15.1. The summed E-state index contributed by atoms with van der Waals surface area (Å²) < 4.78 is 0. The van der Waals surface area contributed by atoms with Crippen molar-refractivity contribution >= 4 is 12.3 Å². The predicted octanol–water partition coefficient (Wildman–Crippen LogP) is 3.80. The number of nitrogens with zero attached hydrogens (tertiary/aromatic N) is 1. The third kappa shape index (κ3) is 9.50. The molecule has 29 heavy (non-hydrogen) atoms. The predicted molar refractivity (Wildman–Crippen MR) is 116 cm³/mol. The Hall–Kier alpha value is -2.50. The van der Waals surface area contributed by atoms with Crippen molar-refractivity contribution in [1.82, 2.24) is 4.90 Å². The quantitative estimate of drug-likeness (QED) is 0.723. The molecule has 1 saturated heterocycles. The first-order valence-electron chi connectivity index (χ1n) is 9.91. The number of likely N-dealkylation sites (tertiary alicyclic amines) is 1. The maximum atomic E-state index is 11.2. The van der Waals surface area contributed by atoms with E-state index in [1.165, 1.54) is 11.1 Å². The smallest absolute Gasteiger partial charge is 0.300 e. The van der Waals surface area contributed by atoms with Crippen molar-refractivity contribution in [3.63, 3.8) is 0 Å². The van der Waals surface area contributed by atoms with E-state index in [1.807, 2.05) is 0 Å². The summed E-state index contributed by atoms with van der Waals surface area (Å²) in [5.74, 6) is -0.833. The van der Waals surface area contributed by atoms with E-state index >= 15 is 0 Å². The number of carbonyl (C=O) groups excluding carboxylic acids is 1. The van der Waals surface area contributed by atoms with Crippen molar-refractivity contribution in [2.45, 2.75) is 39.2 Å². The Morgan fingerprint density at radius 2 is 1.41 bits per heavy atom. The summed E-state index contributed by atoms with van der Waals surface area (Å²) >= 11 is 0. The van der Waals surface area contributed by atoms with Crippen molar-refractivity contribution in [3.05, 3.63) is 71.8 Å². The molecule has 158 valence electrons. The number of benzene rings is 2. The minimum absolute atomic E-state index is 0.149. The van der Waals surface area contributed by atoms with Gasteiger partial charge in [0.1, 0.15) is 6.29 Å². The van der Waals surface area contributed by atoms with Crippen LogP contribution < -0.4 is 0 Å². The highest BCUT2D eigenvalue weighted by Gasteiger charge is 2.34. The lowest BCUT2D eigenvalue weighted by Gasteiger charge is -2.41. The van der Waals surface area contributed by atoms with Crippen LogP contribution in [-0.2, 0) is 22.6 Å². The molecule has 0 spiro atoms. The largest absolute Gasteiger partial charge is 0.481 e. The fourth-order valence-electron chi connectivity index (χ4n) is 3.69. The van der Waals surface area contributed by atoms with Gasteiger partial charge in [-0.25, -0.2) is 0 Å². The fourth-order valence-corrected chi connectivity index (χ4v) is 3.69. The average Bonchev–Trinajstić information content (AvgIpc) is 2.73. The minimum Gasteiger partial charge on any atom is -0.481 e. The highest BCUT2D eigenvalue weighted by Crippen LogP contribution is 2.38. The van der Waals surface area contributed by atoms with Crippen LogP contribution in [0.4, 0.5) is 0 Å². The number of aliphatic carboxylic acids is 1. The second kappa shape index (κ2) is 13.6. The van der Waals surface area contributed by atoms with Crippen molar-refractivity contribution in [2.75, 3.05) is 20.2 Å². The molecule has 1 aliphatic heterocycles. The lowest BCUT2D eigenvalue weighted by molar-refractivity contribution is -0.134. The molecule has 1 heterocycles. The van der Waals surface area contributed by atoms with Gasteiger partial charge in [0.05, 0.1) is 0 Å². The standard InChI is InChI=1S/C21H25NO.C2H4O2.CH4O/c23-16-13-21(17-19-7-3-1-4-8-19)11-14-22(15-12-21)18-20-9-5-2-6-10-20;1-2(3)4;1-2/h1-10,16H,11-15,17-18H2;1H3,(H,3,4);2H,1H3. The second-order valence-corrected chi connectivity index (χ2v) is 7.31. The first-order chi connectivity index (χ1) is 14.0. The number of carboxylic acid groups (broad SMARTS) is 1. The number of aliphatic hydroxyl groups is 1. The maximum Gasteiger partial charge on any atom is 0.300 e. The van der Waals surface area contributed by atoms with E-state index in [0.29, 0.717) is 6.42 Å². The van der Waals surface area contributed by atoms with Gasteiger partial charge >= 0.3 is 0 Å². The van der Waals surface area contributed by atoms with Crippen LogP contribution in [0.15, 0.2) is 60.7 Å². The molecule has 0 radical (unpaired) electrons. The maximum absolute atomic E-state index is 11.2. The molecular formula is C24H33NO4. The highest BCUT2D eigenvalue weighted by molar-refractivity contribution is 5.62. The van der Waals surface area contributed by atoms with Crippen molar-refractivity contribution in [1.29, 1.82) is 0 Å². The SMILES string of the molecule is CC(=O)O.CO.O=CCC1(Cc2ccccc2)CCN(Cc2ccccc2)CC1. The summed E-state index contributed by atoms with van der Waals surface area (Å²) in [7, 11) is 1.00. The first kappa shape index (κ1) is 24.5. The van der Waals surface area contributed by atoms with Gasteiger partial charge in [-0.15, -0.1) is 0 Å². The van der Waals surface area contributed by atoms with Gasteiger partial charge in [-0.3, -0.25) is 9.69 Å². The van der Waals surface area contributed by atoms with Gasteiger partial charge in [0.15, 0.2) is 0 Å². The van der Waals surface area contributed by atoms with E-state index < -0.39 is 5.97 Å². The minimum atomic E-state index is -0.833. The molecule has 0 aliphatic carbocycles. The molecule has 0 unspecified atom stereocenters. The van der Waals surface area contributed by atoms with E-state index in [2.05, 4.69) is 65.6 Å². The number of carbonyl (C=O) groups is 2. The lowest BCUT2D eigenvalue weighted by Crippen LogP contribution is -2.41. The van der Waals surface area contributed by atoms with Crippen LogP contribution in [0.1, 0.15) is 37.3 Å². The summed E-state index contributed by atoms with van der Waals surface area (Å²) in [4.78, 5) is 22.7. The summed E-state index contributed by atoms with van der Waals surface area (Å²) in [6, 6.07) is 21.3. The number of piperidine rings is 1. The van der Waals surface area contributed by atoms with Gasteiger partial charge in [0.2, 0.25) is 0 Å². The molecule has 2 aromatic rings. The van der Waals surface area contributed by atoms with E-state index in [1.54, 1.807) is 0 Å². The molecule has 2 N–H and O–H groups in total. The molecule has 5 nitrogen and oxygen atoms in total. The van der Waals surface area contributed by atoms with Gasteiger partial charge in [-0.1, -0.05) is 60.7 Å². The number of hydrogen-bond donors (Lipinski definition) is 2. The fraction of sp³-hybridized carbons (Fsp3) is 0.417. The first-order valence-corrected chi connectivity index (χ1v) is 9.91. The summed E-state index contributed by atoms with van der Waals surface area (Å²) in [6.07, 6.45) is 5.03. The number of rotatable bonds is 6. The van der Waals surface area contributed by atoms with Crippen molar-refractivity contribution < 1.29 is 19.8 Å². The third-order valence-corrected chi connectivity index (χ3v) is 5.10. The Bertz CT molecular complexity index is 691. The van der Waals surface area contributed by atoms with Crippen LogP contribution in [0.2, 0.25) is 0 Å². The number of hydrogen-bond acceptors (Lipinski definition) is 4. The second-order valence-electron chi connectivity index (χ2n) is 7.31. The Labute approximate surface area is 174 Å². The van der Waals surface area contributed by atoms with Crippen molar-refractivity contribution in [3.8, 4) is 0 Å². The molecule has 1 aliphatic rings. The van der Waals surface area contributed by atoms with Gasteiger partial charge in [-0.05, 0) is 48.9 Å². The van der Waals surface area contributed by atoms with Crippen LogP contribution in [0, 0.1) is 5.41 Å². The van der Waals surface area contributed by atoms with Crippen LogP contribution in [0.25, 0.3) is 0 Å². The molecule has 1 fully saturated rings. The summed E-state index contributed by atoms with van der Waals surface area (Å²) in [6.45, 7) is 4.26. The number of aliphatic hydroxyl groups excluding tert-OH is 1. The van der Waals surface area contributed by atoms with Gasteiger partial charge in [0.25, 0.3) is 5.97 Å². The zero-order valence-electron chi connectivity index (χ0n) is 17.5. The van der Waals surface area contributed by atoms with Crippen LogP contribution in [0.3, 0.4) is 0 Å². The summed E-state index contributed by atoms with van der Waals surface area (Å²) in [5.41, 5.74) is 2.88. The van der Waals surface area contributed by atoms with E-state index in [4.69, 9.17) is 15.0 Å². The van der Waals surface area contributed by atoms with Crippen LogP contribution >= 0.6 is 0 Å². The third-order valence-electron chi connectivity index (χ3n) is 5.10.